The Morgan fingerprint density at radius 2 is 1.89 bits per heavy atom. The molecule has 1 aliphatic heterocycles. The quantitative estimate of drug-likeness (QED) is 0.642. The summed E-state index contributed by atoms with van der Waals surface area (Å²) in [7, 11) is 0. The van der Waals surface area contributed by atoms with E-state index in [2.05, 4.69) is 6.07 Å². The minimum absolute atomic E-state index is 0.110. The molecule has 27 heavy (non-hydrogen) atoms. The number of thiophene rings is 1. The predicted octanol–water partition coefficient (Wildman–Crippen LogP) is 3.18. The maximum atomic E-state index is 14.4. The van der Waals surface area contributed by atoms with Gasteiger partial charge in [0.15, 0.2) is 0 Å². The number of aliphatic hydroxyl groups is 3. The van der Waals surface area contributed by atoms with Crippen molar-refractivity contribution in [3.63, 3.8) is 0 Å². The number of halogens is 1. The summed E-state index contributed by atoms with van der Waals surface area (Å²) in [5.41, 5.74) is 1.17. The van der Waals surface area contributed by atoms with E-state index in [1.54, 1.807) is 23.5 Å². The summed E-state index contributed by atoms with van der Waals surface area (Å²) >= 11 is 1.63. The summed E-state index contributed by atoms with van der Waals surface area (Å²) in [5.74, 6) is -0.305. The average molecular weight is 388 g/mol. The Kier molecular flexibility index (Phi) is 5.25. The van der Waals surface area contributed by atoms with E-state index in [1.807, 2.05) is 24.3 Å². The molecule has 3 aromatic rings. The van der Waals surface area contributed by atoms with E-state index in [1.165, 1.54) is 6.07 Å². The summed E-state index contributed by atoms with van der Waals surface area (Å²) < 4.78 is 21.2. The zero-order valence-corrected chi connectivity index (χ0v) is 15.4. The monoisotopic (exact) mass is 388 g/mol. The largest absolute Gasteiger partial charge is 0.394 e. The fraction of sp³-hybridized carbons (Fsp3) is 0.333. The lowest BCUT2D eigenvalue weighted by Crippen LogP contribution is -2.44. The molecule has 0 aliphatic carbocycles. The van der Waals surface area contributed by atoms with E-state index in [9.17, 15) is 19.7 Å². The highest BCUT2D eigenvalue weighted by atomic mass is 32.1. The molecule has 3 N–H and O–H groups in total. The van der Waals surface area contributed by atoms with Crippen molar-refractivity contribution in [2.24, 2.45) is 0 Å². The van der Waals surface area contributed by atoms with Gasteiger partial charge in [0, 0.05) is 22.4 Å². The summed E-state index contributed by atoms with van der Waals surface area (Å²) in [5, 5.41) is 30.6. The Labute approximate surface area is 160 Å². The molecule has 2 heterocycles. The van der Waals surface area contributed by atoms with Gasteiger partial charge in [-0.05, 0) is 40.8 Å². The number of aliphatic hydroxyl groups excluding tert-OH is 3. The standard InChI is InChI=1S/C21H21FO4S/c22-16-6-5-13(21-18(25)10-17(24)19(11-23)26-21)7-14(16)9-15-8-12-3-1-2-4-20(12)27-15/h1-8,17-19,21,23-25H,9-11H2/t17-,18+,19+,21-/m0/s1. The van der Waals surface area contributed by atoms with Crippen molar-refractivity contribution in [2.75, 3.05) is 6.61 Å². The average Bonchev–Trinajstić information content (AvgIpc) is 3.06. The van der Waals surface area contributed by atoms with Crippen molar-refractivity contribution in [3.05, 3.63) is 70.4 Å². The Morgan fingerprint density at radius 3 is 2.67 bits per heavy atom. The SMILES string of the molecule is OC[C@H]1O[C@@H](c2ccc(F)c(Cc3cc4ccccc4s3)c2)[C@H](O)C[C@@H]1O. The van der Waals surface area contributed by atoms with Gasteiger partial charge in [0.05, 0.1) is 18.8 Å². The second-order valence-electron chi connectivity index (χ2n) is 6.93. The van der Waals surface area contributed by atoms with Crippen LogP contribution in [0.5, 0.6) is 0 Å². The highest BCUT2D eigenvalue weighted by Crippen LogP contribution is 2.34. The van der Waals surface area contributed by atoms with Crippen molar-refractivity contribution in [1.29, 1.82) is 0 Å². The minimum atomic E-state index is -0.917. The van der Waals surface area contributed by atoms with E-state index < -0.39 is 24.4 Å². The first-order valence-corrected chi connectivity index (χ1v) is 9.75. The minimum Gasteiger partial charge on any atom is -0.394 e. The van der Waals surface area contributed by atoms with Gasteiger partial charge in [-0.2, -0.15) is 0 Å². The molecule has 0 radical (unpaired) electrons. The molecule has 4 nitrogen and oxygen atoms in total. The molecule has 6 heteroatoms. The van der Waals surface area contributed by atoms with Crippen LogP contribution in [-0.4, -0.2) is 40.2 Å². The van der Waals surface area contributed by atoms with Gasteiger partial charge in [-0.25, -0.2) is 4.39 Å². The molecule has 0 spiro atoms. The molecule has 0 unspecified atom stereocenters. The van der Waals surface area contributed by atoms with E-state index in [0.29, 0.717) is 17.5 Å². The van der Waals surface area contributed by atoms with Gasteiger partial charge >= 0.3 is 0 Å². The van der Waals surface area contributed by atoms with Crippen LogP contribution in [0.1, 0.15) is 28.5 Å². The lowest BCUT2D eigenvalue weighted by Gasteiger charge is -2.36. The van der Waals surface area contributed by atoms with Crippen LogP contribution in [0.4, 0.5) is 4.39 Å². The topological polar surface area (TPSA) is 69.9 Å². The summed E-state index contributed by atoms with van der Waals surface area (Å²) in [6.07, 6.45) is -2.72. The van der Waals surface area contributed by atoms with Gasteiger partial charge < -0.3 is 20.1 Å². The maximum absolute atomic E-state index is 14.4. The number of hydrogen-bond donors (Lipinski definition) is 3. The molecule has 0 amide bonds. The van der Waals surface area contributed by atoms with Crippen LogP contribution >= 0.6 is 11.3 Å². The molecule has 1 aromatic heterocycles. The number of ether oxygens (including phenoxy) is 1. The first-order chi connectivity index (χ1) is 13.0. The lowest BCUT2D eigenvalue weighted by molar-refractivity contribution is -0.181. The van der Waals surface area contributed by atoms with Crippen molar-refractivity contribution < 1.29 is 24.4 Å². The molecular formula is C21H21FO4S. The Morgan fingerprint density at radius 1 is 1.07 bits per heavy atom. The van der Waals surface area contributed by atoms with Gasteiger partial charge in [-0.3, -0.25) is 0 Å². The molecule has 0 bridgehead atoms. The molecule has 1 saturated heterocycles. The van der Waals surface area contributed by atoms with Crippen molar-refractivity contribution in [1.82, 2.24) is 0 Å². The smallest absolute Gasteiger partial charge is 0.126 e. The molecular weight excluding hydrogens is 367 g/mol. The third-order valence-corrected chi connectivity index (χ3v) is 6.12. The predicted molar refractivity (Wildman–Crippen MR) is 102 cm³/mol. The number of fused-ring (bicyclic) bond motifs is 1. The third kappa shape index (κ3) is 3.77. The number of hydrogen-bond acceptors (Lipinski definition) is 5. The Balaban J connectivity index is 1.61. The first-order valence-electron chi connectivity index (χ1n) is 8.93. The molecule has 4 atom stereocenters. The van der Waals surface area contributed by atoms with Crippen molar-refractivity contribution >= 4 is 21.4 Å². The van der Waals surface area contributed by atoms with Gasteiger partial charge in [-0.15, -0.1) is 11.3 Å². The molecule has 1 fully saturated rings. The van der Waals surface area contributed by atoms with E-state index >= 15 is 0 Å². The van der Waals surface area contributed by atoms with Gasteiger partial charge in [-0.1, -0.05) is 24.3 Å². The van der Waals surface area contributed by atoms with Gasteiger partial charge in [0.1, 0.15) is 18.0 Å². The fourth-order valence-electron chi connectivity index (χ4n) is 3.58. The highest BCUT2D eigenvalue weighted by molar-refractivity contribution is 7.19. The normalized spacial score (nSPS) is 25.8. The van der Waals surface area contributed by atoms with E-state index in [0.717, 1.165) is 15.0 Å². The van der Waals surface area contributed by atoms with Crippen LogP contribution in [0.3, 0.4) is 0 Å². The van der Waals surface area contributed by atoms with Crippen molar-refractivity contribution in [2.45, 2.75) is 37.3 Å². The maximum Gasteiger partial charge on any atom is 0.126 e. The zero-order valence-electron chi connectivity index (χ0n) is 14.6. The van der Waals surface area contributed by atoms with Crippen LogP contribution in [0.25, 0.3) is 10.1 Å². The van der Waals surface area contributed by atoms with Gasteiger partial charge in [0.25, 0.3) is 0 Å². The van der Waals surface area contributed by atoms with Crippen LogP contribution in [0.2, 0.25) is 0 Å². The zero-order chi connectivity index (χ0) is 19.0. The van der Waals surface area contributed by atoms with Crippen molar-refractivity contribution in [3.8, 4) is 0 Å². The Bertz CT molecular complexity index is 908. The van der Waals surface area contributed by atoms with Gasteiger partial charge in [0.2, 0.25) is 0 Å². The third-order valence-electron chi connectivity index (χ3n) is 5.00. The van der Waals surface area contributed by atoms with Crippen LogP contribution in [0, 0.1) is 5.82 Å². The lowest BCUT2D eigenvalue weighted by atomic mass is 9.92. The fourth-order valence-corrected chi connectivity index (χ4v) is 4.66. The summed E-state index contributed by atoms with van der Waals surface area (Å²) in [6, 6.07) is 14.8. The number of benzene rings is 2. The van der Waals surface area contributed by atoms with Crippen LogP contribution in [-0.2, 0) is 11.2 Å². The second-order valence-corrected chi connectivity index (χ2v) is 8.09. The molecule has 0 saturated carbocycles. The molecule has 2 aromatic carbocycles. The number of rotatable bonds is 4. The van der Waals surface area contributed by atoms with Crippen LogP contribution < -0.4 is 0 Å². The van der Waals surface area contributed by atoms with Crippen LogP contribution in [0.15, 0.2) is 48.5 Å². The highest BCUT2D eigenvalue weighted by Gasteiger charge is 2.36. The van der Waals surface area contributed by atoms with E-state index in [4.69, 9.17) is 4.74 Å². The summed E-state index contributed by atoms with van der Waals surface area (Å²) in [6.45, 7) is -0.333. The second kappa shape index (κ2) is 7.66. The van der Waals surface area contributed by atoms with E-state index in [-0.39, 0.29) is 18.8 Å². The summed E-state index contributed by atoms with van der Waals surface area (Å²) in [4.78, 5) is 1.06. The molecule has 1 aliphatic rings. The molecule has 4 rings (SSSR count). The Hall–Kier alpha value is -1.83. The molecule has 142 valence electrons. The first kappa shape index (κ1) is 18.5.